The highest BCUT2D eigenvalue weighted by molar-refractivity contribution is 14.1. The molecule has 20 heavy (non-hydrogen) atoms. The van der Waals surface area contributed by atoms with Gasteiger partial charge in [0.15, 0.2) is 11.6 Å². The second-order valence-corrected chi connectivity index (χ2v) is 8.03. The normalized spacial score (nSPS) is 22.1. The summed E-state index contributed by atoms with van der Waals surface area (Å²) in [6, 6.07) is 5.64. The lowest BCUT2D eigenvalue weighted by Crippen LogP contribution is -2.58. The molecule has 1 aromatic carbocycles. The van der Waals surface area contributed by atoms with Gasteiger partial charge in [0.05, 0.1) is 0 Å². The standard InChI is InChI=1S/C15H16BrIO3/c1-14(2)12(18)11(13(19)15(3,4)20-14)9-7-8(16)5-6-10(9)17/h5-7,11H,1-4H3. The Bertz CT molecular complexity index is 567. The van der Waals surface area contributed by atoms with Gasteiger partial charge >= 0.3 is 0 Å². The number of hydrogen-bond acceptors (Lipinski definition) is 3. The first kappa shape index (κ1) is 16.1. The maximum atomic E-state index is 12.6. The molecule has 0 N–H and O–H groups in total. The molecule has 1 saturated heterocycles. The molecule has 108 valence electrons. The van der Waals surface area contributed by atoms with Crippen LogP contribution >= 0.6 is 38.5 Å². The molecular weight excluding hydrogens is 435 g/mol. The Kier molecular flexibility index (Phi) is 4.17. The Morgan fingerprint density at radius 3 is 2.10 bits per heavy atom. The maximum absolute atomic E-state index is 12.6. The molecule has 3 nitrogen and oxygen atoms in total. The summed E-state index contributed by atoms with van der Waals surface area (Å²) in [5.74, 6) is -1.13. The fraction of sp³-hybridized carbons (Fsp3) is 0.467. The Balaban J connectivity index is 2.60. The summed E-state index contributed by atoms with van der Waals surface area (Å²) < 4.78 is 7.46. The summed E-state index contributed by atoms with van der Waals surface area (Å²) in [4.78, 5) is 25.3. The molecule has 0 unspecified atom stereocenters. The topological polar surface area (TPSA) is 43.4 Å². The van der Waals surface area contributed by atoms with Crippen molar-refractivity contribution < 1.29 is 14.3 Å². The first-order valence-corrected chi connectivity index (χ1v) is 8.17. The first-order valence-electron chi connectivity index (χ1n) is 6.30. The van der Waals surface area contributed by atoms with Gasteiger partial charge in [-0.15, -0.1) is 0 Å². The van der Waals surface area contributed by atoms with E-state index in [0.29, 0.717) is 0 Å². The molecule has 0 atom stereocenters. The zero-order chi connectivity index (χ0) is 15.3. The predicted molar refractivity (Wildman–Crippen MR) is 88.9 cm³/mol. The fourth-order valence-corrected chi connectivity index (χ4v) is 3.60. The van der Waals surface area contributed by atoms with Crippen LogP contribution in [0.5, 0.6) is 0 Å². The number of ether oxygens (including phenoxy) is 1. The van der Waals surface area contributed by atoms with Crippen molar-refractivity contribution >= 4 is 50.1 Å². The van der Waals surface area contributed by atoms with E-state index in [1.54, 1.807) is 27.7 Å². The number of hydrogen-bond donors (Lipinski definition) is 0. The predicted octanol–water partition coefficient (Wildman–Crippen LogP) is 3.86. The SMILES string of the molecule is CC1(C)OC(C)(C)C(=O)C(c2cc(Br)ccc2I)C1=O. The van der Waals surface area contributed by atoms with Crippen LogP contribution in [0, 0.1) is 3.57 Å². The minimum atomic E-state index is -0.965. The molecule has 1 aromatic rings. The van der Waals surface area contributed by atoms with Crippen LogP contribution in [0.25, 0.3) is 0 Å². The van der Waals surface area contributed by atoms with Crippen LogP contribution in [-0.4, -0.2) is 22.8 Å². The summed E-state index contributed by atoms with van der Waals surface area (Å²) in [6.07, 6.45) is 0. The molecule has 0 saturated carbocycles. The van der Waals surface area contributed by atoms with Crippen LogP contribution in [-0.2, 0) is 14.3 Å². The lowest BCUT2D eigenvalue weighted by Gasteiger charge is -2.42. The lowest BCUT2D eigenvalue weighted by molar-refractivity contribution is -0.184. The second kappa shape index (κ2) is 5.18. The van der Waals surface area contributed by atoms with Gasteiger partial charge < -0.3 is 4.74 Å². The van der Waals surface area contributed by atoms with E-state index in [1.807, 2.05) is 18.2 Å². The third-order valence-corrected chi connectivity index (χ3v) is 4.97. The molecule has 0 amide bonds. The van der Waals surface area contributed by atoms with E-state index in [4.69, 9.17) is 4.74 Å². The van der Waals surface area contributed by atoms with Gasteiger partial charge in [0.25, 0.3) is 0 Å². The summed E-state index contributed by atoms with van der Waals surface area (Å²) in [5, 5.41) is 0. The number of halogens is 2. The molecule has 0 bridgehead atoms. The molecule has 0 aromatic heterocycles. The quantitative estimate of drug-likeness (QED) is 0.482. The molecule has 0 radical (unpaired) electrons. The Labute approximate surface area is 140 Å². The van der Waals surface area contributed by atoms with Crippen LogP contribution < -0.4 is 0 Å². The van der Waals surface area contributed by atoms with Crippen LogP contribution in [0.1, 0.15) is 39.2 Å². The van der Waals surface area contributed by atoms with Gasteiger partial charge in [-0.1, -0.05) is 15.9 Å². The van der Waals surface area contributed by atoms with E-state index in [9.17, 15) is 9.59 Å². The number of ketones is 2. The highest BCUT2D eigenvalue weighted by Gasteiger charge is 2.53. The van der Waals surface area contributed by atoms with Crippen molar-refractivity contribution in [3.05, 3.63) is 31.8 Å². The van der Waals surface area contributed by atoms with Gasteiger partial charge in [0.2, 0.25) is 0 Å². The van der Waals surface area contributed by atoms with Crippen molar-refractivity contribution in [2.75, 3.05) is 0 Å². The number of benzene rings is 1. The zero-order valence-corrected chi connectivity index (χ0v) is 15.5. The Morgan fingerprint density at radius 2 is 1.60 bits per heavy atom. The third-order valence-electron chi connectivity index (χ3n) is 3.49. The molecule has 1 fully saturated rings. The molecule has 2 rings (SSSR count). The van der Waals surface area contributed by atoms with E-state index in [1.165, 1.54) is 0 Å². The number of Topliss-reactive ketones (excluding diaryl/α,β-unsaturated/α-hetero) is 2. The van der Waals surface area contributed by atoms with Crippen molar-refractivity contribution in [2.24, 2.45) is 0 Å². The maximum Gasteiger partial charge on any atom is 0.179 e. The molecule has 1 aliphatic heterocycles. The smallest absolute Gasteiger partial charge is 0.179 e. The van der Waals surface area contributed by atoms with Gasteiger partial charge in [-0.3, -0.25) is 9.59 Å². The Hall–Kier alpha value is -0.270. The summed E-state index contributed by atoms with van der Waals surface area (Å²) in [7, 11) is 0. The van der Waals surface area contributed by atoms with Crippen molar-refractivity contribution in [1.82, 2.24) is 0 Å². The van der Waals surface area contributed by atoms with Gasteiger partial charge in [-0.25, -0.2) is 0 Å². The summed E-state index contributed by atoms with van der Waals surface area (Å²) in [6.45, 7) is 6.89. The van der Waals surface area contributed by atoms with Gasteiger partial charge in [-0.05, 0) is 74.0 Å². The van der Waals surface area contributed by atoms with Crippen molar-refractivity contribution in [3.8, 4) is 0 Å². The Morgan fingerprint density at radius 1 is 1.10 bits per heavy atom. The van der Waals surface area contributed by atoms with Crippen LogP contribution in [0.4, 0.5) is 0 Å². The van der Waals surface area contributed by atoms with Crippen molar-refractivity contribution in [2.45, 2.75) is 44.8 Å². The molecule has 0 aliphatic carbocycles. The number of rotatable bonds is 1. The number of carbonyl (C=O) groups is 2. The fourth-order valence-electron chi connectivity index (χ4n) is 2.57. The van der Waals surface area contributed by atoms with Gasteiger partial charge in [0, 0.05) is 8.04 Å². The number of carbonyl (C=O) groups excluding carboxylic acids is 2. The van der Waals surface area contributed by atoms with Crippen molar-refractivity contribution in [3.63, 3.8) is 0 Å². The average molecular weight is 451 g/mol. The molecule has 1 heterocycles. The van der Waals surface area contributed by atoms with Gasteiger partial charge in [0.1, 0.15) is 17.1 Å². The molecule has 5 heteroatoms. The minimum Gasteiger partial charge on any atom is -0.354 e. The van der Waals surface area contributed by atoms with E-state index < -0.39 is 17.1 Å². The molecule has 0 spiro atoms. The van der Waals surface area contributed by atoms with Gasteiger partial charge in [-0.2, -0.15) is 0 Å². The van der Waals surface area contributed by atoms with E-state index in [-0.39, 0.29) is 11.6 Å². The first-order chi connectivity index (χ1) is 9.06. The van der Waals surface area contributed by atoms with E-state index in [2.05, 4.69) is 38.5 Å². The summed E-state index contributed by atoms with van der Waals surface area (Å²) >= 11 is 5.56. The largest absolute Gasteiger partial charge is 0.354 e. The van der Waals surface area contributed by atoms with Crippen LogP contribution in [0.3, 0.4) is 0 Å². The minimum absolute atomic E-state index is 0.183. The highest BCUT2D eigenvalue weighted by Crippen LogP contribution is 2.40. The van der Waals surface area contributed by atoms with Crippen LogP contribution in [0.15, 0.2) is 22.7 Å². The average Bonchev–Trinajstić information content (AvgIpc) is 2.30. The monoisotopic (exact) mass is 450 g/mol. The zero-order valence-electron chi connectivity index (χ0n) is 11.8. The lowest BCUT2D eigenvalue weighted by atomic mass is 9.75. The molecular formula is C15H16BrIO3. The van der Waals surface area contributed by atoms with E-state index in [0.717, 1.165) is 13.6 Å². The highest BCUT2D eigenvalue weighted by atomic mass is 127. The van der Waals surface area contributed by atoms with Crippen molar-refractivity contribution in [1.29, 1.82) is 0 Å². The third kappa shape index (κ3) is 2.72. The molecule has 1 aliphatic rings. The van der Waals surface area contributed by atoms with Crippen LogP contribution in [0.2, 0.25) is 0 Å². The summed E-state index contributed by atoms with van der Waals surface area (Å²) in [5.41, 5.74) is -1.18. The second-order valence-electron chi connectivity index (χ2n) is 5.95. The van der Waals surface area contributed by atoms with E-state index >= 15 is 0 Å².